The molecule has 0 saturated carbocycles. The third-order valence-corrected chi connectivity index (χ3v) is 2.97. The van der Waals surface area contributed by atoms with E-state index in [0.29, 0.717) is 24.8 Å². The Kier molecular flexibility index (Phi) is 4.45. The van der Waals surface area contributed by atoms with Gasteiger partial charge in [-0.25, -0.2) is 4.98 Å². The minimum atomic E-state index is -0.806. The molecule has 0 amide bonds. The largest absolute Gasteiger partial charge is 0.481 e. The van der Waals surface area contributed by atoms with Crippen molar-refractivity contribution in [1.29, 1.82) is 0 Å². The molecule has 1 aromatic carbocycles. The zero-order chi connectivity index (χ0) is 14.5. The van der Waals surface area contributed by atoms with Gasteiger partial charge >= 0.3 is 5.97 Å². The van der Waals surface area contributed by atoms with Gasteiger partial charge in [-0.1, -0.05) is 26.0 Å². The average Bonchev–Trinajstić information content (AvgIpc) is 2.42. The van der Waals surface area contributed by atoms with Crippen LogP contribution in [0.15, 0.2) is 24.3 Å². The predicted octanol–water partition coefficient (Wildman–Crippen LogP) is 2.18. The topological polar surface area (TPSA) is 88.0 Å². The van der Waals surface area contributed by atoms with Gasteiger partial charge in [-0.05, 0) is 24.5 Å². The molecule has 2 aromatic rings. The molecule has 0 saturated heterocycles. The van der Waals surface area contributed by atoms with Gasteiger partial charge in [-0.2, -0.15) is 0 Å². The van der Waals surface area contributed by atoms with Gasteiger partial charge in [0.15, 0.2) is 0 Å². The summed E-state index contributed by atoms with van der Waals surface area (Å²) in [7, 11) is 0. The third kappa shape index (κ3) is 3.63. The fraction of sp³-hybridized carbons (Fsp3) is 0.429. The molecule has 0 fully saturated rings. The molecule has 6 heteroatoms. The Morgan fingerprint density at radius 3 is 2.60 bits per heavy atom. The summed E-state index contributed by atoms with van der Waals surface area (Å²) in [4.78, 5) is 15.5. The van der Waals surface area contributed by atoms with Crippen LogP contribution in [0.25, 0.3) is 11.0 Å². The molecule has 1 aromatic heterocycles. The number of rotatable bonds is 6. The first kappa shape index (κ1) is 14.2. The number of aliphatic carboxylic acids is 1. The van der Waals surface area contributed by atoms with Crippen molar-refractivity contribution < 1.29 is 9.90 Å². The molecular formula is C14H18N4O2. The number of nitrogens with one attached hydrogen (secondary N) is 1. The molecule has 2 rings (SSSR count). The normalized spacial score (nSPS) is 12.6. The second-order valence-electron chi connectivity index (χ2n) is 5.17. The second-order valence-corrected chi connectivity index (χ2v) is 5.17. The van der Waals surface area contributed by atoms with E-state index < -0.39 is 11.9 Å². The van der Waals surface area contributed by atoms with Crippen molar-refractivity contribution in [2.24, 2.45) is 11.8 Å². The highest BCUT2D eigenvalue weighted by Crippen LogP contribution is 2.13. The van der Waals surface area contributed by atoms with Gasteiger partial charge in [-0.3, -0.25) is 4.79 Å². The zero-order valence-corrected chi connectivity index (χ0v) is 11.6. The van der Waals surface area contributed by atoms with Crippen LogP contribution in [0.3, 0.4) is 0 Å². The third-order valence-electron chi connectivity index (χ3n) is 2.97. The van der Waals surface area contributed by atoms with E-state index in [2.05, 4.69) is 20.5 Å². The summed E-state index contributed by atoms with van der Waals surface area (Å²) >= 11 is 0. The highest BCUT2D eigenvalue weighted by atomic mass is 16.4. The van der Waals surface area contributed by atoms with Crippen LogP contribution < -0.4 is 5.32 Å². The van der Waals surface area contributed by atoms with Crippen molar-refractivity contribution in [2.45, 2.75) is 20.3 Å². The molecule has 0 aliphatic rings. The first-order valence-electron chi connectivity index (χ1n) is 6.62. The minimum absolute atomic E-state index is 0.299. The summed E-state index contributed by atoms with van der Waals surface area (Å²) < 4.78 is 0. The number of benzene rings is 1. The van der Waals surface area contributed by atoms with Crippen molar-refractivity contribution in [1.82, 2.24) is 15.2 Å². The fourth-order valence-electron chi connectivity index (χ4n) is 2.01. The van der Waals surface area contributed by atoms with Crippen LogP contribution in [0.4, 0.5) is 5.95 Å². The van der Waals surface area contributed by atoms with Crippen LogP contribution in [-0.2, 0) is 4.79 Å². The Bertz CT molecular complexity index is 600. The van der Waals surface area contributed by atoms with Crippen LogP contribution in [0.5, 0.6) is 0 Å². The van der Waals surface area contributed by atoms with Crippen molar-refractivity contribution >= 4 is 23.0 Å². The standard InChI is InChI=1S/C14H18N4O2/c1-9(2)7-10(13(19)20)8-15-14-16-11-5-3-4-6-12(11)17-18-14/h3-6,9-10H,7-8H2,1-2H3,(H,19,20)(H,15,16,18). The Morgan fingerprint density at radius 2 is 1.95 bits per heavy atom. The lowest BCUT2D eigenvalue weighted by atomic mass is 9.97. The van der Waals surface area contributed by atoms with E-state index >= 15 is 0 Å². The van der Waals surface area contributed by atoms with Crippen LogP contribution in [0.1, 0.15) is 20.3 Å². The van der Waals surface area contributed by atoms with Crippen LogP contribution >= 0.6 is 0 Å². The molecule has 1 unspecified atom stereocenters. The molecule has 0 radical (unpaired) electrons. The summed E-state index contributed by atoms with van der Waals surface area (Å²) in [6.07, 6.45) is 0.614. The highest BCUT2D eigenvalue weighted by molar-refractivity contribution is 5.74. The Morgan fingerprint density at radius 1 is 1.25 bits per heavy atom. The maximum atomic E-state index is 11.2. The molecule has 0 bridgehead atoms. The number of carboxylic acid groups (broad SMARTS) is 1. The number of carboxylic acids is 1. The first-order chi connectivity index (χ1) is 9.56. The lowest BCUT2D eigenvalue weighted by Crippen LogP contribution is -2.25. The van der Waals surface area contributed by atoms with Crippen LogP contribution in [0, 0.1) is 11.8 Å². The van der Waals surface area contributed by atoms with Gasteiger partial charge in [0, 0.05) is 6.54 Å². The summed E-state index contributed by atoms with van der Waals surface area (Å²) in [6, 6.07) is 7.42. The Labute approximate surface area is 117 Å². The van der Waals surface area contributed by atoms with E-state index in [0.717, 1.165) is 11.0 Å². The van der Waals surface area contributed by atoms with E-state index in [1.807, 2.05) is 38.1 Å². The molecule has 0 aliphatic carbocycles. The summed E-state index contributed by atoms with van der Waals surface area (Å²) in [5, 5.41) is 20.1. The number of anilines is 1. The van der Waals surface area contributed by atoms with Crippen molar-refractivity contribution in [2.75, 3.05) is 11.9 Å². The Balaban J connectivity index is 2.05. The van der Waals surface area contributed by atoms with Gasteiger partial charge in [-0.15, -0.1) is 10.2 Å². The lowest BCUT2D eigenvalue weighted by molar-refractivity contribution is -0.141. The second kappa shape index (κ2) is 6.27. The van der Waals surface area contributed by atoms with Gasteiger partial charge < -0.3 is 10.4 Å². The SMILES string of the molecule is CC(C)CC(CNc1nnc2ccccc2n1)C(=O)O. The van der Waals surface area contributed by atoms with E-state index in [4.69, 9.17) is 0 Å². The summed E-state index contributed by atoms with van der Waals surface area (Å²) in [5.74, 6) is -0.572. The zero-order valence-electron chi connectivity index (χ0n) is 11.6. The number of hydrogen-bond acceptors (Lipinski definition) is 5. The molecule has 1 atom stereocenters. The molecule has 0 spiro atoms. The number of carbonyl (C=O) groups is 1. The monoisotopic (exact) mass is 274 g/mol. The minimum Gasteiger partial charge on any atom is -0.481 e. The van der Waals surface area contributed by atoms with Crippen LogP contribution in [-0.4, -0.2) is 32.8 Å². The Hall–Kier alpha value is -2.24. The molecule has 6 nitrogen and oxygen atoms in total. The number of aromatic nitrogens is 3. The molecule has 1 heterocycles. The van der Waals surface area contributed by atoms with E-state index in [9.17, 15) is 9.90 Å². The van der Waals surface area contributed by atoms with Crippen LogP contribution in [0.2, 0.25) is 0 Å². The quantitative estimate of drug-likeness (QED) is 0.839. The predicted molar refractivity (Wildman–Crippen MR) is 76.4 cm³/mol. The maximum Gasteiger partial charge on any atom is 0.308 e. The number of para-hydroxylation sites is 1. The maximum absolute atomic E-state index is 11.2. The smallest absolute Gasteiger partial charge is 0.308 e. The van der Waals surface area contributed by atoms with Gasteiger partial charge in [0.2, 0.25) is 5.95 Å². The number of nitrogens with zero attached hydrogens (tertiary/aromatic N) is 3. The molecule has 106 valence electrons. The highest BCUT2D eigenvalue weighted by Gasteiger charge is 2.19. The fourth-order valence-corrected chi connectivity index (χ4v) is 2.01. The van der Waals surface area contributed by atoms with Crippen molar-refractivity contribution in [3.8, 4) is 0 Å². The van der Waals surface area contributed by atoms with Gasteiger partial charge in [0.05, 0.1) is 11.4 Å². The first-order valence-corrected chi connectivity index (χ1v) is 6.62. The molecule has 0 aliphatic heterocycles. The molecular weight excluding hydrogens is 256 g/mol. The summed E-state index contributed by atoms with van der Waals surface area (Å²) in [6.45, 7) is 4.31. The van der Waals surface area contributed by atoms with Gasteiger partial charge in [0.1, 0.15) is 5.52 Å². The van der Waals surface area contributed by atoms with E-state index in [1.165, 1.54) is 0 Å². The number of fused-ring (bicyclic) bond motifs is 1. The van der Waals surface area contributed by atoms with E-state index in [1.54, 1.807) is 0 Å². The van der Waals surface area contributed by atoms with Crippen molar-refractivity contribution in [3.05, 3.63) is 24.3 Å². The van der Waals surface area contributed by atoms with E-state index in [-0.39, 0.29) is 0 Å². The molecule has 2 N–H and O–H groups in total. The lowest BCUT2D eigenvalue weighted by Gasteiger charge is -2.15. The number of hydrogen-bond donors (Lipinski definition) is 2. The summed E-state index contributed by atoms with van der Waals surface area (Å²) in [5.41, 5.74) is 1.45. The van der Waals surface area contributed by atoms with Gasteiger partial charge in [0.25, 0.3) is 0 Å². The van der Waals surface area contributed by atoms with Crippen molar-refractivity contribution in [3.63, 3.8) is 0 Å². The molecule has 20 heavy (non-hydrogen) atoms. The average molecular weight is 274 g/mol.